The Kier molecular flexibility index (Phi) is 19.0. The summed E-state index contributed by atoms with van der Waals surface area (Å²) in [6.07, 6.45) is 1.08. The minimum absolute atomic E-state index is 0.0436. The number of amides is 2. The van der Waals surface area contributed by atoms with Crippen molar-refractivity contribution in [2.24, 2.45) is 27.4 Å². The van der Waals surface area contributed by atoms with Gasteiger partial charge >= 0.3 is 0 Å². The quantitative estimate of drug-likeness (QED) is 0.0450. The average Bonchev–Trinajstić information content (AvgIpc) is 3.38. The van der Waals surface area contributed by atoms with Crippen LogP contribution >= 0.6 is 14.7 Å². The maximum atomic E-state index is 14.5. The molecule has 13 heteroatoms. The molecule has 0 spiro atoms. The number of hydrogen-bond acceptors (Lipinski definition) is 9. The van der Waals surface area contributed by atoms with Crippen molar-refractivity contribution in [1.29, 1.82) is 0 Å². The molecule has 0 bridgehead atoms. The van der Waals surface area contributed by atoms with Gasteiger partial charge in [0.25, 0.3) is 14.7 Å². The molecular formula is C63H81N3O8P2. The summed E-state index contributed by atoms with van der Waals surface area (Å²) in [5.74, 6) is 1.14. The van der Waals surface area contributed by atoms with Gasteiger partial charge in [-0.2, -0.15) is 0 Å². The van der Waals surface area contributed by atoms with Crippen molar-refractivity contribution in [2.45, 2.75) is 113 Å². The lowest BCUT2D eigenvalue weighted by molar-refractivity contribution is -0.134. The van der Waals surface area contributed by atoms with E-state index in [-0.39, 0.29) is 41.9 Å². The van der Waals surface area contributed by atoms with Crippen LogP contribution in [-0.4, -0.2) is 49.3 Å². The number of carbonyl (C=O) groups is 2. The SMILES string of the molecule is CC(C)(COc1ccc(C(N)c2ccc(OCC(C)(C)CC(C)(C)C(=O)NC(C)(C)COP(=O)(c3ccccc3)c3ccccc3)cc2)cc1)CC(C)(C)C(=O)NC(C)(C)COP(=O)(c1ccccc1)c1ccccc1. The van der Waals surface area contributed by atoms with Crippen molar-refractivity contribution in [3.8, 4) is 11.5 Å². The molecule has 0 saturated heterocycles. The summed E-state index contributed by atoms with van der Waals surface area (Å²) in [5, 5.41) is 8.75. The van der Waals surface area contributed by atoms with Gasteiger partial charge in [0.1, 0.15) is 11.5 Å². The van der Waals surface area contributed by atoms with Crippen LogP contribution in [0.25, 0.3) is 0 Å². The molecular weight excluding hydrogens is 989 g/mol. The molecule has 0 saturated carbocycles. The Morgan fingerprint density at radius 1 is 0.421 bits per heavy atom. The van der Waals surface area contributed by atoms with Crippen molar-refractivity contribution >= 4 is 47.8 Å². The zero-order chi connectivity index (χ0) is 55.6. The summed E-state index contributed by atoms with van der Waals surface area (Å²) < 4.78 is 54.1. The van der Waals surface area contributed by atoms with Crippen LogP contribution < -0.4 is 47.1 Å². The number of nitrogens with one attached hydrogen (secondary N) is 2. The number of nitrogens with two attached hydrogens (primary N) is 1. The second kappa shape index (κ2) is 24.3. The zero-order valence-corrected chi connectivity index (χ0v) is 48.5. The Labute approximate surface area is 453 Å². The normalized spacial score (nSPS) is 13.0. The third kappa shape index (κ3) is 16.1. The van der Waals surface area contributed by atoms with Crippen LogP contribution in [0.2, 0.25) is 0 Å². The highest BCUT2D eigenvalue weighted by molar-refractivity contribution is 7.74. The van der Waals surface area contributed by atoms with E-state index in [0.29, 0.717) is 58.8 Å². The molecule has 0 radical (unpaired) electrons. The zero-order valence-electron chi connectivity index (χ0n) is 46.7. The highest BCUT2D eigenvalue weighted by Gasteiger charge is 2.41. The smallest absolute Gasteiger partial charge is 0.261 e. The Morgan fingerprint density at radius 3 is 0.947 bits per heavy atom. The summed E-state index contributed by atoms with van der Waals surface area (Å²) in [6.45, 7) is 24.5. The maximum absolute atomic E-state index is 14.5. The van der Waals surface area contributed by atoms with E-state index < -0.39 is 36.6 Å². The second-order valence-corrected chi connectivity index (χ2v) is 29.1. The summed E-state index contributed by atoms with van der Waals surface area (Å²) in [7, 11) is -6.86. The van der Waals surface area contributed by atoms with E-state index in [4.69, 9.17) is 24.3 Å². The maximum Gasteiger partial charge on any atom is 0.261 e. The van der Waals surface area contributed by atoms with Crippen LogP contribution in [0.15, 0.2) is 170 Å². The first-order valence-electron chi connectivity index (χ1n) is 26.1. The Bertz CT molecular complexity index is 2640. The van der Waals surface area contributed by atoms with Crippen LogP contribution in [0.5, 0.6) is 11.5 Å². The fourth-order valence-corrected chi connectivity index (χ4v) is 14.0. The monoisotopic (exact) mass is 1070 g/mol. The van der Waals surface area contributed by atoms with Crippen molar-refractivity contribution < 1.29 is 37.2 Å². The molecule has 0 aliphatic rings. The number of rotatable bonds is 26. The minimum Gasteiger partial charge on any atom is -0.493 e. The Hall–Kier alpha value is -5.80. The minimum atomic E-state index is -3.43. The molecule has 11 nitrogen and oxygen atoms in total. The van der Waals surface area contributed by atoms with Crippen LogP contribution in [-0.2, 0) is 27.8 Å². The topological polar surface area (TPSA) is 155 Å². The first kappa shape index (κ1) is 59.4. The highest BCUT2D eigenvalue weighted by atomic mass is 31.2. The van der Waals surface area contributed by atoms with Gasteiger partial charge in [0.05, 0.1) is 43.5 Å². The molecule has 6 rings (SSSR count). The molecule has 4 N–H and O–H groups in total. The summed E-state index contributed by atoms with van der Waals surface area (Å²) in [4.78, 5) is 27.8. The van der Waals surface area contributed by atoms with E-state index in [9.17, 15) is 18.7 Å². The van der Waals surface area contributed by atoms with E-state index >= 15 is 0 Å². The van der Waals surface area contributed by atoms with E-state index in [1.54, 1.807) is 0 Å². The first-order valence-corrected chi connectivity index (χ1v) is 29.4. The van der Waals surface area contributed by atoms with Crippen LogP contribution in [0.3, 0.4) is 0 Å². The van der Waals surface area contributed by atoms with Gasteiger partial charge in [-0.3, -0.25) is 18.7 Å². The fraction of sp³-hybridized carbons (Fsp3) is 0.397. The third-order valence-corrected chi connectivity index (χ3v) is 18.2. The van der Waals surface area contributed by atoms with Gasteiger partial charge in [0.15, 0.2) is 0 Å². The molecule has 6 aromatic rings. The molecule has 76 heavy (non-hydrogen) atoms. The molecule has 406 valence electrons. The van der Waals surface area contributed by atoms with Gasteiger partial charge in [0, 0.05) is 32.0 Å². The van der Waals surface area contributed by atoms with E-state index in [1.165, 1.54) is 0 Å². The van der Waals surface area contributed by atoms with Crippen LogP contribution in [0.1, 0.15) is 113 Å². The van der Waals surface area contributed by atoms with Gasteiger partial charge < -0.3 is 34.9 Å². The van der Waals surface area contributed by atoms with Gasteiger partial charge in [0.2, 0.25) is 11.8 Å². The number of carbonyl (C=O) groups excluding carboxylic acids is 2. The molecule has 0 heterocycles. The van der Waals surface area contributed by atoms with Crippen molar-refractivity contribution in [1.82, 2.24) is 10.6 Å². The predicted octanol–water partition coefficient (Wildman–Crippen LogP) is 12.1. The van der Waals surface area contributed by atoms with Gasteiger partial charge in [-0.25, -0.2) is 0 Å². The Morgan fingerprint density at radius 2 is 0.684 bits per heavy atom. The molecule has 6 aromatic carbocycles. The van der Waals surface area contributed by atoms with Crippen molar-refractivity contribution in [2.75, 3.05) is 26.4 Å². The number of hydrogen-bond donors (Lipinski definition) is 3. The lowest BCUT2D eigenvalue weighted by atomic mass is 9.74. The molecule has 0 aliphatic carbocycles. The van der Waals surface area contributed by atoms with E-state index in [1.807, 2.05) is 225 Å². The first-order chi connectivity index (χ1) is 35.5. The molecule has 0 atom stereocenters. The Balaban J connectivity index is 0.958. The van der Waals surface area contributed by atoms with E-state index in [0.717, 1.165) is 11.1 Å². The summed E-state index contributed by atoms with van der Waals surface area (Å²) in [6, 6.07) is 51.9. The van der Waals surface area contributed by atoms with Gasteiger partial charge in [-0.15, -0.1) is 0 Å². The van der Waals surface area contributed by atoms with E-state index in [2.05, 4.69) is 38.3 Å². The van der Waals surface area contributed by atoms with Crippen molar-refractivity contribution in [3.63, 3.8) is 0 Å². The average molecular weight is 1070 g/mol. The largest absolute Gasteiger partial charge is 0.493 e. The third-order valence-electron chi connectivity index (χ3n) is 13.3. The standard InChI is InChI=1S/C63H81N3O8P2/c1-58(2,41-60(5,6)56(67)65-62(9,10)45-73-75(69,51-25-17-13-18-26-51)52-27-19-14-20-28-52)43-71-49-37-33-47(34-38-49)55(64)48-35-39-50(40-36-48)72-44-59(3,4)42-61(7,8)57(68)66-63(11,12)46-74-76(70,53-29-21-15-22-30-53)54-31-23-16-24-32-54/h13-40,55H,41-46,64H2,1-12H3,(H,65,67)(H,66,68). The lowest BCUT2D eigenvalue weighted by Crippen LogP contribution is -2.52. The highest BCUT2D eigenvalue weighted by Crippen LogP contribution is 2.47. The summed E-state index contributed by atoms with van der Waals surface area (Å²) in [5.41, 5.74) is 4.74. The van der Waals surface area contributed by atoms with Gasteiger partial charge in [-0.05, 0) is 135 Å². The molecule has 0 fully saturated rings. The lowest BCUT2D eigenvalue weighted by Gasteiger charge is -2.37. The molecule has 0 unspecified atom stereocenters. The fourth-order valence-electron chi connectivity index (χ4n) is 9.57. The molecule has 0 aromatic heterocycles. The molecule has 2 amide bonds. The molecule has 0 aliphatic heterocycles. The predicted molar refractivity (Wildman–Crippen MR) is 310 cm³/mol. The second-order valence-electron chi connectivity index (χ2n) is 24.3. The van der Waals surface area contributed by atoms with Crippen LogP contribution in [0.4, 0.5) is 0 Å². The van der Waals surface area contributed by atoms with Crippen LogP contribution in [0, 0.1) is 21.7 Å². The number of ether oxygens (including phenoxy) is 2. The van der Waals surface area contributed by atoms with Gasteiger partial charge in [-0.1, -0.05) is 152 Å². The number of benzene rings is 6. The summed E-state index contributed by atoms with van der Waals surface area (Å²) >= 11 is 0. The van der Waals surface area contributed by atoms with Crippen molar-refractivity contribution in [3.05, 3.63) is 181 Å².